The van der Waals surface area contributed by atoms with E-state index in [4.69, 9.17) is 10.8 Å². The first-order valence-electron chi connectivity index (χ1n) is 5.04. The van der Waals surface area contributed by atoms with Gasteiger partial charge in [-0.3, -0.25) is 0 Å². The molecule has 1 aromatic heterocycles. The van der Waals surface area contributed by atoms with E-state index in [0.717, 1.165) is 5.56 Å². The third kappa shape index (κ3) is 2.17. The van der Waals surface area contributed by atoms with E-state index in [0.29, 0.717) is 24.5 Å². The second kappa shape index (κ2) is 4.71. The van der Waals surface area contributed by atoms with Gasteiger partial charge in [0.05, 0.1) is 0 Å². The SMILES string of the molecule is Nc1ccc(-c2nnnn2CCCO)cc1. The molecular weight excluding hydrogens is 206 g/mol. The first-order chi connectivity index (χ1) is 7.81. The van der Waals surface area contributed by atoms with Crippen LogP contribution in [0.25, 0.3) is 11.4 Å². The second-order valence-electron chi connectivity index (χ2n) is 3.42. The lowest BCUT2D eigenvalue weighted by atomic mass is 10.2. The van der Waals surface area contributed by atoms with Gasteiger partial charge in [-0.25, -0.2) is 4.68 Å². The molecule has 84 valence electrons. The van der Waals surface area contributed by atoms with Crippen LogP contribution in [0, 0.1) is 0 Å². The van der Waals surface area contributed by atoms with Crippen molar-refractivity contribution in [3.8, 4) is 11.4 Å². The normalized spacial score (nSPS) is 10.6. The molecule has 0 unspecified atom stereocenters. The lowest BCUT2D eigenvalue weighted by Crippen LogP contribution is -2.04. The second-order valence-corrected chi connectivity index (χ2v) is 3.42. The molecular formula is C10H13N5O. The van der Waals surface area contributed by atoms with Crippen molar-refractivity contribution >= 4 is 5.69 Å². The molecule has 1 heterocycles. The van der Waals surface area contributed by atoms with Crippen LogP contribution in [0.2, 0.25) is 0 Å². The highest BCUT2D eigenvalue weighted by Crippen LogP contribution is 2.17. The fraction of sp³-hybridized carbons (Fsp3) is 0.300. The van der Waals surface area contributed by atoms with E-state index >= 15 is 0 Å². The third-order valence-electron chi connectivity index (χ3n) is 2.23. The van der Waals surface area contributed by atoms with E-state index in [9.17, 15) is 0 Å². The number of aliphatic hydroxyl groups is 1. The van der Waals surface area contributed by atoms with Gasteiger partial charge in [0.2, 0.25) is 0 Å². The summed E-state index contributed by atoms with van der Waals surface area (Å²) in [6.07, 6.45) is 0.632. The van der Waals surface area contributed by atoms with E-state index in [-0.39, 0.29) is 6.61 Å². The molecule has 0 aliphatic rings. The van der Waals surface area contributed by atoms with Gasteiger partial charge in [-0.15, -0.1) is 5.10 Å². The average Bonchev–Trinajstić information content (AvgIpc) is 2.75. The number of aliphatic hydroxyl groups excluding tert-OH is 1. The number of aromatic nitrogens is 4. The van der Waals surface area contributed by atoms with Crippen LogP contribution in [0.4, 0.5) is 5.69 Å². The zero-order valence-corrected chi connectivity index (χ0v) is 8.74. The Morgan fingerprint density at radius 1 is 1.25 bits per heavy atom. The van der Waals surface area contributed by atoms with Crippen LogP contribution in [0.3, 0.4) is 0 Å². The van der Waals surface area contributed by atoms with Gasteiger partial charge >= 0.3 is 0 Å². The van der Waals surface area contributed by atoms with Crippen LogP contribution in [0.1, 0.15) is 6.42 Å². The van der Waals surface area contributed by atoms with Crippen molar-refractivity contribution in [2.24, 2.45) is 0 Å². The number of nitrogens with zero attached hydrogens (tertiary/aromatic N) is 4. The van der Waals surface area contributed by atoms with Crippen molar-refractivity contribution in [3.63, 3.8) is 0 Å². The Morgan fingerprint density at radius 2 is 2.00 bits per heavy atom. The molecule has 2 aromatic rings. The molecule has 0 amide bonds. The van der Waals surface area contributed by atoms with Crippen molar-refractivity contribution in [3.05, 3.63) is 24.3 Å². The maximum absolute atomic E-state index is 8.76. The van der Waals surface area contributed by atoms with Gasteiger partial charge in [0.1, 0.15) is 0 Å². The lowest BCUT2D eigenvalue weighted by Gasteiger charge is -2.03. The first kappa shape index (κ1) is 10.6. The lowest BCUT2D eigenvalue weighted by molar-refractivity contribution is 0.276. The van der Waals surface area contributed by atoms with Gasteiger partial charge in [0, 0.05) is 24.4 Å². The molecule has 2 rings (SSSR count). The molecule has 0 saturated heterocycles. The minimum absolute atomic E-state index is 0.126. The Hall–Kier alpha value is -1.95. The fourth-order valence-electron chi connectivity index (χ4n) is 1.41. The summed E-state index contributed by atoms with van der Waals surface area (Å²) in [5, 5.41) is 20.2. The van der Waals surface area contributed by atoms with E-state index in [2.05, 4.69) is 15.5 Å². The molecule has 0 bridgehead atoms. The molecule has 0 atom stereocenters. The van der Waals surface area contributed by atoms with Crippen LogP contribution in [0.5, 0.6) is 0 Å². The Morgan fingerprint density at radius 3 is 2.69 bits per heavy atom. The van der Waals surface area contributed by atoms with Gasteiger partial charge in [-0.05, 0) is 41.1 Å². The molecule has 0 fully saturated rings. The molecule has 0 aliphatic carbocycles. The third-order valence-corrected chi connectivity index (χ3v) is 2.23. The Labute approximate surface area is 92.7 Å². The van der Waals surface area contributed by atoms with E-state index < -0.39 is 0 Å². The number of hydrogen-bond donors (Lipinski definition) is 2. The molecule has 0 radical (unpaired) electrons. The molecule has 1 aromatic carbocycles. The summed E-state index contributed by atoms with van der Waals surface area (Å²) in [6.45, 7) is 0.726. The minimum Gasteiger partial charge on any atom is -0.399 e. The monoisotopic (exact) mass is 219 g/mol. The smallest absolute Gasteiger partial charge is 0.182 e. The van der Waals surface area contributed by atoms with Gasteiger partial charge < -0.3 is 10.8 Å². The van der Waals surface area contributed by atoms with Crippen LogP contribution in [-0.4, -0.2) is 31.9 Å². The number of nitrogen functional groups attached to an aromatic ring is 1. The van der Waals surface area contributed by atoms with Crippen molar-refractivity contribution in [2.45, 2.75) is 13.0 Å². The highest BCUT2D eigenvalue weighted by atomic mass is 16.3. The highest BCUT2D eigenvalue weighted by Gasteiger charge is 2.07. The summed E-state index contributed by atoms with van der Waals surface area (Å²) in [5.41, 5.74) is 7.23. The first-order valence-corrected chi connectivity index (χ1v) is 5.04. The molecule has 16 heavy (non-hydrogen) atoms. The van der Waals surface area contributed by atoms with E-state index in [1.807, 2.05) is 12.1 Å². The molecule has 0 saturated carbocycles. The average molecular weight is 219 g/mol. The number of hydrogen-bond acceptors (Lipinski definition) is 5. The molecule has 0 aliphatic heterocycles. The topological polar surface area (TPSA) is 89.9 Å². The van der Waals surface area contributed by atoms with Crippen LogP contribution in [0.15, 0.2) is 24.3 Å². The number of tetrazole rings is 1. The van der Waals surface area contributed by atoms with Crippen molar-refractivity contribution in [1.82, 2.24) is 20.2 Å². The van der Waals surface area contributed by atoms with E-state index in [1.54, 1.807) is 16.8 Å². The Balaban J connectivity index is 2.26. The molecule has 3 N–H and O–H groups in total. The number of anilines is 1. The van der Waals surface area contributed by atoms with Gasteiger partial charge in [-0.2, -0.15) is 0 Å². The zero-order chi connectivity index (χ0) is 11.4. The highest BCUT2D eigenvalue weighted by molar-refractivity contribution is 5.58. The van der Waals surface area contributed by atoms with Gasteiger partial charge in [0.15, 0.2) is 5.82 Å². The van der Waals surface area contributed by atoms with Crippen LogP contribution >= 0.6 is 0 Å². The number of benzene rings is 1. The summed E-state index contributed by atoms with van der Waals surface area (Å²) in [4.78, 5) is 0. The summed E-state index contributed by atoms with van der Waals surface area (Å²) in [6, 6.07) is 7.35. The predicted octanol–water partition coefficient (Wildman–Crippen LogP) is 0.305. The van der Waals surface area contributed by atoms with Crippen LogP contribution in [-0.2, 0) is 6.54 Å². The summed E-state index contributed by atoms with van der Waals surface area (Å²) >= 11 is 0. The standard InChI is InChI=1S/C10H13N5O/c11-9-4-2-8(3-5-9)10-12-13-14-15(10)6-1-7-16/h2-5,16H,1,6-7,11H2. The molecule has 0 spiro atoms. The zero-order valence-electron chi connectivity index (χ0n) is 8.74. The largest absolute Gasteiger partial charge is 0.399 e. The number of nitrogens with two attached hydrogens (primary N) is 1. The number of aryl methyl sites for hydroxylation is 1. The quantitative estimate of drug-likeness (QED) is 0.722. The predicted molar refractivity (Wildman–Crippen MR) is 59.4 cm³/mol. The van der Waals surface area contributed by atoms with Gasteiger partial charge in [0.25, 0.3) is 0 Å². The maximum atomic E-state index is 8.76. The fourth-order valence-corrected chi connectivity index (χ4v) is 1.41. The van der Waals surface area contributed by atoms with E-state index in [1.165, 1.54) is 0 Å². The Bertz CT molecular complexity index is 450. The van der Waals surface area contributed by atoms with Crippen molar-refractivity contribution in [2.75, 3.05) is 12.3 Å². The molecule has 6 nitrogen and oxygen atoms in total. The Kier molecular flexibility index (Phi) is 3.11. The van der Waals surface area contributed by atoms with Crippen molar-refractivity contribution in [1.29, 1.82) is 0 Å². The maximum Gasteiger partial charge on any atom is 0.182 e. The van der Waals surface area contributed by atoms with Crippen molar-refractivity contribution < 1.29 is 5.11 Å². The summed E-state index contributed by atoms with van der Waals surface area (Å²) in [5.74, 6) is 0.688. The molecule has 6 heteroatoms. The summed E-state index contributed by atoms with van der Waals surface area (Å²) in [7, 11) is 0. The summed E-state index contributed by atoms with van der Waals surface area (Å²) < 4.78 is 1.67. The van der Waals surface area contributed by atoms with Gasteiger partial charge in [-0.1, -0.05) is 0 Å². The number of rotatable bonds is 4. The minimum atomic E-state index is 0.126. The van der Waals surface area contributed by atoms with Crippen LogP contribution < -0.4 is 5.73 Å².